The molecule has 0 aliphatic carbocycles. The molecule has 20 heavy (non-hydrogen) atoms. The molecular formula is C16H15ClN2O. The molecule has 1 aromatic heterocycles. The Bertz CT molecular complexity index is 718. The number of hydrazine groups is 1. The van der Waals surface area contributed by atoms with Gasteiger partial charge in [-0.25, -0.2) is 5.43 Å². The first-order valence-electron chi connectivity index (χ1n) is 6.39. The third kappa shape index (κ3) is 2.31. The van der Waals surface area contributed by atoms with Gasteiger partial charge in [0.2, 0.25) is 0 Å². The summed E-state index contributed by atoms with van der Waals surface area (Å²) in [5, 5.41) is 1.81. The Hall–Kier alpha value is -1.81. The number of nitrogens with one attached hydrogen (secondary N) is 1. The average Bonchev–Trinajstić information content (AvgIpc) is 2.87. The molecule has 1 unspecified atom stereocenters. The minimum atomic E-state index is -0.196. The first kappa shape index (κ1) is 13.2. The smallest absolute Gasteiger partial charge is 0.134 e. The zero-order chi connectivity index (χ0) is 14.1. The Balaban J connectivity index is 2.06. The second kappa shape index (κ2) is 5.29. The average molecular weight is 287 g/mol. The van der Waals surface area contributed by atoms with Gasteiger partial charge in [-0.1, -0.05) is 41.9 Å². The summed E-state index contributed by atoms with van der Waals surface area (Å²) in [5.41, 5.74) is 5.70. The molecule has 3 nitrogen and oxygen atoms in total. The SMILES string of the molecule is Cc1cc(C(NN)c2cc3ccccc3o2)ccc1Cl. The van der Waals surface area contributed by atoms with Gasteiger partial charge >= 0.3 is 0 Å². The summed E-state index contributed by atoms with van der Waals surface area (Å²) in [4.78, 5) is 0. The van der Waals surface area contributed by atoms with Gasteiger partial charge in [-0.05, 0) is 36.2 Å². The summed E-state index contributed by atoms with van der Waals surface area (Å²) in [7, 11) is 0. The van der Waals surface area contributed by atoms with Crippen LogP contribution in [0.15, 0.2) is 52.9 Å². The lowest BCUT2D eigenvalue weighted by atomic mass is 10.0. The van der Waals surface area contributed by atoms with Crippen LogP contribution < -0.4 is 11.3 Å². The summed E-state index contributed by atoms with van der Waals surface area (Å²) in [6, 6.07) is 15.5. The number of nitrogens with two attached hydrogens (primary N) is 1. The Morgan fingerprint density at radius 2 is 1.95 bits per heavy atom. The normalized spacial score (nSPS) is 12.8. The fourth-order valence-corrected chi connectivity index (χ4v) is 2.45. The van der Waals surface area contributed by atoms with Crippen LogP contribution in [0.3, 0.4) is 0 Å². The van der Waals surface area contributed by atoms with Crippen molar-refractivity contribution in [3.8, 4) is 0 Å². The number of para-hydroxylation sites is 1. The summed E-state index contributed by atoms with van der Waals surface area (Å²) in [6.07, 6.45) is 0. The molecule has 1 heterocycles. The zero-order valence-corrected chi connectivity index (χ0v) is 11.8. The molecule has 0 saturated carbocycles. The molecule has 0 spiro atoms. The maximum Gasteiger partial charge on any atom is 0.134 e. The quantitative estimate of drug-likeness (QED) is 0.566. The van der Waals surface area contributed by atoms with Crippen molar-refractivity contribution in [3.63, 3.8) is 0 Å². The number of aryl methyl sites for hydroxylation is 1. The van der Waals surface area contributed by atoms with E-state index in [0.717, 1.165) is 32.9 Å². The lowest BCUT2D eigenvalue weighted by Gasteiger charge is -2.14. The molecule has 1 atom stereocenters. The van der Waals surface area contributed by atoms with E-state index in [1.54, 1.807) is 0 Å². The molecule has 0 fully saturated rings. The van der Waals surface area contributed by atoms with E-state index in [1.165, 1.54) is 0 Å². The molecule has 102 valence electrons. The van der Waals surface area contributed by atoms with E-state index in [0.29, 0.717) is 0 Å². The number of hydrogen-bond acceptors (Lipinski definition) is 3. The highest BCUT2D eigenvalue weighted by Crippen LogP contribution is 2.29. The maximum absolute atomic E-state index is 6.06. The lowest BCUT2D eigenvalue weighted by molar-refractivity contribution is 0.477. The molecule has 3 N–H and O–H groups in total. The van der Waals surface area contributed by atoms with Crippen LogP contribution >= 0.6 is 11.6 Å². The van der Waals surface area contributed by atoms with Crippen LogP contribution in [0.2, 0.25) is 5.02 Å². The largest absolute Gasteiger partial charge is 0.459 e. The fraction of sp³-hybridized carbons (Fsp3) is 0.125. The van der Waals surface area contributed by atoms with Crippen LogP contribution in [-0.2, 0) is 0 Å². The monoisotopic (exact) mass is 286 g/mol. The number of benzene rings is 2. The second-order valence-electron chi connectivity index (χ2n) is 4.79. The van der Waals surface area contributed by atoms with Crippen LogP contribution in [0.25, 0.3) is 11.0 Å². The Labute approximate surface area is 122 Å². The standard InChI is InChI=1S/C16H15ClN2O/c1-10-8-12(6-7-13(10)17)16(19-18)15-9-11-4-2-3-5-14(11)20-15/h2-9,16,19H,18H2,1H3. The van der Waals surface area contributed by atoms with Crippen LogP contribution in [0.5, 0.6) is 0 Å². The molecule has 0 radical (unpaired) electrons. The van der Waals surface area contributed by atoms with E-state index in [4.69, 9.17) is 21.9 Å². The van der Waals surface area contributed by atoms with E-state index in [-0.39, 0.29) is 6.04 Å². The number of rotatable bonds is 3. The summed E-state index contributed by atoms with van der Waals surface area (Å²) >= 11 is 6.06. The van der Waals surface area contributed by atoms with Crippen molar-refractivity contribution in [1.82, 2.24) is 5.43 Å². The summed E-state index contributed by atoms with van der Waals surface area (Å²) in [6.45, 7) is 1.97. The van der Waals surface area contributed by atoms with Crippen LogP contribution in [0.4, 0.5) is 0 Å². The van der Waals surface area contributed by atoms with Crippen LogP contribution in [0.1, 0.15) is 22.9 Å². The minimum Gasteiger partial charge on any atom is -0.459 e. The van der Waals surface area contributed by atoms with Gasteiger partial charge < -0.3 is 4.42 Å². The van der Waals surface area contributed by atoms with Gasteiger partial charge in [0.15, 0.2) is 0 Å². The Morgan fingerprint density at radius 1 is 1.15 bits per heavy atom. The molecule has 0 bridgehead atoms. The van der Waals surface area contributed by atoms with Crippen molar-refractivity contribution in [2.24, 2.45) is 5.84 Å². The highest BCUT2D eigenvalue weighted by Gasteiger charge is 2.17. The van der Waals surface area contributed by atoms with Crippen molar-refractivity contribution >= 4 is 22.6 Å². The molecule has 0 amide bonds. The topological polar surface area (TPSA) is 51.2 Å². The van der Waals surface area contributed by atoms with Gasteiger partial charge in [-0.15, -0.1) is 0 Å². The third-order valence-corrected chi connectivity index (χ3v) is 3.84. The second-order valence-corrected chi connectivity index (χ2v) is 5.20. The number of fused-ring (bicyclic) bond motifs is 1. The molecule has 4 heteroatoms. The summed E-state index contributed by atoms with van der Waals surface area (Å²) in [5.74, 6) is 6.49. The van der Waals surface area contributed by atoms with E-state index in [9.17, 15) is 0 Å². The minimum absolute atomic E-state index is 0.196. The van der Waals surface area contributed by atoms with Gasteiger partial charge in [0.1, 0.15) is 17.4 Å². The molecular weight excluding hydrogens is 272 g/mol. The van der Waals surface area contributed by atoms with Crippen LogP contribution in [-0.4, -0.2) is 0 Å². The maximum atomic E-state index is 6.06. The molecule has 3 aromatic rings. The molecule has 3 rings (SSSR count). The first-order valence-corrected chi connectivity index (χ1v) is 6.77. The van der Waals surface area contributed by atoms with Gasteiger partial charge in [-0.3, -0.25) is 5.84 Å². The molecule has 2 aromatic carbocycles. The van der Waals surface area contributed by atoms with Gasteiger partial charge in [0.05, 0.1) is 0 Å². The van der Waals surface area contributed by atoms with E-state index in [2.05, 4.69) is 5.43 Å². The predicted molar refractivity (Wildman–Crippen MR) is 81.6 cm³/mol. The lowest BCUT2D eigenvalue weighted by Crippen LogP contribution is -2.28. The Kier molecular flexibility index (Phi) is 3.49. The third-order valence-electron chi connectivity index (χ3n) is 3.41. The molecule has 0 saturated heterocycles. The highest BCUT2D eigenvalue weighted by atomic mass is 35.5. The Morgan fingerprint density at radius 3 is 2.65 bits per heavy atom. The number of furan rings is 1. The van der Waals surface area contributed by atoms with Gasteiger partial charge in [0, 0.05) is 10.4 Å². The summed E-state index contributed by atoms with van der Waals surface area (Å²) < 4.78 is 5.87. The molecule has 0 aliphatic heterocycles. The van der Waals surface area contributed by atoms with Crippen molar-refractivity contribution in [1.29, 1.82) is 0 Å². The van der Waals surface area contributed by atoms with Crippen molar-refractivity contribution in [3.05, 3.63) is 70.4 Å². The van der Waals surface area contributed by atoms with E-state index >= 15 is 0 Å². The van der Waals surface area contributed by atoms with Crippen molar-refractivity contribution in [2.75, 3.05) is 0 Å². The zero-order valence-electron chi connectivity index (χ0n) is 11.1. The van der Waals surface area contributed by atoms with Gasteiger partial charge in [0.25, 0.3) is 0 Å². The van der Waals surface area contributed by atoms with E-state index in [1.807, 2.05) is 55.5 Å². The number of hydrogen-bond donors (Lipinski definition) is 2. The fourth-order valence-electron chi connectivity index (χ4n) is 2.33. The first-order chi connectivity index (χ1) is 9.69. The highest BCUT2D eigenvalue weighted by molar-refractivity contribution is 6.31. The molecule has 0 aliphatic rings. The van der Waals surface area contributed by atoms with Crippen LogP contribution in [0, 0.1) is 6.92 Å². The van der Waals surface area contributed by atoms with Crippen molar-refractivity contribution < 1.29 is 4.42 Å². The number of halogens is 1. The predicted octanol–water partition coefficient (Wildman–Crippen LogP) is 3.95. The van der Waals surface area contributed by atoms with Gasteiger partial charge in [-0.2, -0.15) is 0 Å². The van der Waals surface area contributed by atoms with E-state index < -0.39 is 0 Å². The van der Waals surface area contributed by atoms with Crippen molar-refractivity contribution in [2.45, 2.75) is 13.0 Å².